The third-order valence-corrected chi connectivity index (χ3v) is 4.36. The van der Waals surface area contributed by atoms with Gasteiger partial charge in [-0.3, -0.25) is 9.59 Å². The molecule has 2 aromatic carbocycles. The van der Waals surface area contributed by atoms with Gasteiger partial charge in [0, 0.05) is 18.2 Å². The van der Waals surface area contributed by atoms with Gasteiger partial charge < -0.3 is 24.3 Å². The van der Waals surface area contributed by atoms with Crippen LogP contribution in [0.15, 0.2) is 40.6 Å². The lowest BCUT2D eigenvalue weighted by Gasteiger charge is -2.15. The van der Waals surface area contributed by atoms with E-state index >= 15 is 0 Å². The summed E-state index contributed by atoms with van der Waals surface area (Å²) in [4.78, 5) is 24.7. The van der Waals surface area contributed by atoms with Crippen LogP contribution in [-0.2, 0) is 9.59 Å². The molecule has 0 aromatic heterocycles. The zero-order chi connectivity index (χ0) is 22.3. The maximum Gasteiger partial charge on any atom is 0.258 e. The van der Waals surface area contributed by atoms with E-state index in [-0.39, 0.29) is 16.5 Å². The van der Waals surface area contributed by atoms with Crippen LogP contribution in [0.2, 0.25) is 5.02 Å². The van der Waals surface area contributed by atoms with E-state index in [9.17, 15) is 9.59 Å². The Balaban J connectivity index is 2.29. The second-order valence-corrected chi connectivity index (χ2v) is 6.33. The number of carbonyl (C=O) groups is 2. The lowest BCUT2D eigenvalue weighted by atomic mass is 10.2. The van der Waals surface area contributed by atoms with E-state index in [1.165, 1.54) is 35.4 Å². The molecule has 1 atom stereocenters. The number of halogens is 1. The summed E-state index contributed by atoms with van der Waals surface area (Å²) in [6.45, 7) is 1.24. The fourth-order valence-corrected chi connectivity index (χ4v) is 2.81. The Labute approximate surface area is 178 Å². The Morgan fingerprint density at radius 1 is 0.967 bits per heavy atom. The van der Waals surface area contributed by atoms with Crippen molar-refractivity contribution in [3.8, 4) is 23.0 Å². The lowest BCUT2D eigenvalue weighted by molar-refractivity contribution is -0.126. The molecular formula is C20H22ClN3O6. The monoisotopic (exact) mass is 435 g/mol. The van der Waals surface area contributed by atoms with Gasteiger partial charge in [-0.15, -0.1) is 0 Å². The summed E-state index contributed by atoms with van der Waals surface area (Å²) in [6, 6.07) is 6.57. The second kappa shape index (κ2) is 10.4. The van der Waals surface area contributed by atoms with Gasteiger partial charge in [0.1, 0.15) is 22.3 Å². The molecule has 2 aromatic rings. The standard InChI is InChI=1S/C20H22ClN3O6/c1-11(25)18(24-23-12-8-13(27-2)10-14(9-12)28-3)20(26)22-15-6-7-16(29-4)17(21)19(15)30-5/h6-10,18H,1-5H3,(H,22,26). The Morgan fingerprint density at radius 3 is 2.10 bits per heavy atom. The molecule has 9 nitrogen and oxygen atoms in total. The third kappa shape index (κ3) is 5.38. The molecule has 0 bridgehead atoms. The van der Waals surface area contributed by atoms with Crippen LogP contribution in [0.4, 0.5) is 11.4 Å². The highest BCUT2D eigenvalue weighted by atomic mass is 35.5. The number of ketones is 1. The first-order valence-electron chi connectivity index (χ1n) is 8.70. The van der Waals surface area contributed by atoms with Crippen LogP contribution in [0.25, 0.3) is 0 Å². The fourth-order valence-electron chi connectivity index (χ4n) is 2.49. The number of hydrogen-bond donors (Lipinski definition) is 1. The van der Waals surface area contributed by atoms with E-state index in [2.05, 4.69) is 15.5 Å². The Kier molecular flexibility index (Phi) is 7.99. The number of rotatable bonds is 9. The van der Waals surface area contributed by atoms with Gasteiger partial charge in [0.25, 0.3) is 5.91 Å². The van der Waals surface area contributed by atoms with E-state index in [1.54, 1.807) is 30.3 Å². The van der Waals surface area contributed by atoms with Crippen molar-refractivity contribution in [1.82, 2.24) is 0 Å². The van der Waals surface area contributed by atoms with Crippen molar-refractivity contribution >= 4 is 34.7 Å². The molecule has 2 rings (SSSR count). The number of nitrogens with one attached hydrogen (secondary N) is 1. The zero-order valence-corrected chi connectivity index (χ0v) is 17.9. The molecular weight excluding hydrogens is 414 g/mol. The number of methoxy groups -OCH3 is 4. The summed E-state index contributed by atoms with van der Waals surface area (Å²) >= 11 is 6.20. The average molecular weight is 436 g/mol. The molecule has 160 valence electrons. The van der Waals surface area contributed by atoms with Crippen LogP contribution >= 0.6 is 11.6 Å². The Morgan fingerprint density at radius 2 is 1.60 bits per heavy atom. The number of benzene rings is 2. The second-order valence-electron chi connectivity index (χ2n) is 5.95. The van der Waals surface area contributed by atoms with Crippen LogP contribution < -0.4 is 24.3 Å². The van der Waals surface area contributed by atoms with Gasteiger partial charge in [0.15, 0.2) is 11.5 Å². The van der Waals surface area contributed by atoms with E-state index in [1.807, 2.05) is 0 Å². The molecule has 0 aliphatic heterocycles. The molecule has 0 saturated carbocycles. The van der Waals surface area contributed by atoms with Crippen LogP contribution in [0.5, 0.6) is 23.0 Å². The maximum absolute atomic E-state index is 12.7. The van der Waals surface area contributed by atoms with Gasteiger partial charge in [-0.05, 0) is 19.1 Å². The fraction of sp³-hybridized carbons (Fsp3) is 0.300. The average Bonchev–Trinajstić information content (AvgIpc) is 2.73. The normalized spacial score (nSPS) is 11.7. The number of azo groups is 1. The van der Waals surface area contributed by atoms with Crippen molar-refractivity contribution in [2.75, 3.05) is 33.8 Å². The maximum atomic E-state index is 12.7. The largest absolute Gasteiger partial charge is 0.497 e. The summed E-state index contributed by atoms with van der Waals surface area (Å²) in [5.41, 5.74) is 0.619. The number of nitrogens with zero attached hydrogens (tertiary/aromatic N) is 2. The Hall–Kier alpha value is -3.33. The quantitative estimate of drug-likeness (QED) is 0.470. The predicted octanol–water partition coefficient (Wildman–Crippen LogP) is 4.05. The lowest BCUT2D eigenvalue weighted by Crippen LogP contribution is -2.32. The van der Waals surface area contributed by atoms with Gasteiger partial charge in [-0.2, -0.15) is 10.2 Å². The zero-order valence-electron chi connectivity index (χ0n) is 17.2. The first kappa shape index (κ1) is 23.0. The van der Waals surface area contributed by atoms with E-state index < -0.39 is 17.7 Å². The summed E-state index contributed by atoms with van der Waals surface area (Å²) in [6.07, 6.45) is 0. The molecule has 0 heterocycles. The number of ether oxygens (including phenoxy) is 4. The summed E-state index contributed by atoms with van der Waals surface area (Å²) in [5.74, 6) is 0.363. The molecule has 0 radical (unpaired) electrons. The van der Waals surface area contributed by atoms with Crippen LogP contribution in [0, 0.1) is 0 Å². The smallest absolute Gasteiger partial charge is 0.258 e. The van der Waals surface area contributed by atoms with Gasteiger partial charge >= 0.3 is 0 Å². The van der Waals surface area contributed by atoms with E-state index in [0.717, 1.165) is 0 Å². The molecule has 1 N–H and O–H groups in total. The molecule has 0 aliphatic carbocycles. The minimum absolute atomic E-state index is 0.183. The van der Waals surface area contributed by atoms with Crippen LogP contribution in [-0.4, -0.2) is 46.2 Å². The van der Waals surface area contributed by atoms with Crippen molar-refractivity contribution in [3.63, 3.8) is 0 Å². The number of amides is 1. The SMILES string of the molecule is COc1cc(N=NC(C(C)=O)C(=O)Nc2ccc(OC)c(Cl)c2OC)cc(OC)c1. The minimum atomic E-state index is -1.38. The molecule has 30 heavy (non-hydrogen) atoms. The Bertz CT molecular complexity index is 942. The number of hydrogen-bond acceptors (Lipinski definition) is 8. The highest BCUT2D eigenvalue weighted by molar-refractivity contribution is 6.34. The third-order valence-electron chi connectivity index (χ3n) is 4.00. The van der Waals surface area contributed by atoms with Gasteiger partial charge in [-0.25, -0.2) is 0 Å². The molecule has 0 saturated heterocycles. The molecule has 1 unspecified atom stereocenters. The molecule has 1 amide bonds. The molecule has 0 fully saturated rings. The molecule has 0 aliphatic rings. The highest BCUT2D eigenvalue weighted by Crippen LogP contribution is 2.40. The summed E-state index contributed by atoms with van der Waals surface area (Å²) < 4.78 is 20.7. The van der Waals surface area contributed by atoms with Crippen molar-refractivity contribution in [2.24, 2.45) is 10.2 Å². The van der Waals surface area contributed by atoms with Crippen LogP contribution in [0.3, 0.4) is 0 Å². The molecule has 10 heteroatoms. The van der Waals surface area contributed by atoms with Crippen molar-refractivity contribution in [3.05, 3.63) is 35.4 Å². The van der Waals surface area contributed by atoms with Crippen molar-refractivity contribution in [2.45, 2.75) is 13.0 Å². The van der Waals surface area contributed by atoms with E-state index in [4.69, 9.17) is 30.5 Å². The number of anilines is 1. The van der Waals surface area contributed by atoms with E-state index in [0.29, 0.717) is 22.9 Å². The van der Waals surface area contributed by atoms with Crippen molar-refractivity contribution < 1.29 is 28.5 Å². The van der Waals surface area contributed by atoms with Gasteiger partial charge in [0.2, 0.25) is 6.04 Å². The molecule has 0 spiro atoms. The number of Topliss-reactive ketones (excluding diaryl/α,β-unsaturated/α-hetero) is 1. The topological polar surface area (TPSA) is 108 Å². The minimum Gasteiger partial charge on any atom is -0.497 e. The highest BCUT2D eigenvalue weighted by Gasteiger charge is 2.25. The van der Waals surface area contributed by atoms with Crippen molar-refractivity contribution in [1.29, 1.82) is 0 Å². The summed E-state index contributed by atoms with van der Waals surface area (Å²) in [7, 11) is 5.84. The first-order chi connectivity index (χ1) is 14.3. The number of carbonyl (C=O) groups excluding carboxylic acids is 2. The van der Waals surface area contributed by atoms with Gasteiger partial charge in [-0.1, -0.05) is 11.6 Å². The predicted molar refractivity (Wildman–Crippen MR) is 112 cm³/mol. The van der Waals surface area contributed by atoms with Crippen LogP contribution in [0.1, 0.15) is 6.92 Å². The first-order valence-corrected chi connectivity index (χ1v) is 9.08. The van der Waals surface area contributed by atoms with Gasteiger partial charge in [0.05, 0.1) is 39.8 Å². The summed E-state index contributed by atoms with van der Waals surface area (Å²) in [5, 5.41) is 10.7.